The molecule has 1 aromatic heterocycles. The standard InChI is InChI=1S/C16H17N3O/c1-11-8-16(15(10-17)12(2)18-11)19(3)13-6-5-7-14(9-13)20-4/h5-9H,1-4H3. The average molecular weight is 267 g/mol. The largest absolute Gasteiger partial charge is 0.497 e. The van der Waals surface area contributed by atoms with Crippen molar-refractivity contribution < 1.29 is 4.74 Å². The lowest BCUT2D eigenvalue weighted by Gasteiger charge is -2.22. The van der Waals surface area contributed by atoms with E-state index >= 15 is 0 Å². The lowest BCUT2D eigenvalue weighted by molar-refractivity contribution is 0.415. The fraction of sp³-hybridized carbons (Fsp3) is 0.250. The Bertz CT molecular complexity index is 674. The quantitative estimate of drug-likeness (QED) is 0.855. The smallest absolute Gasteiger partial charge is 0.120 e. The second-order valence-electron chi connectivity index (χ2n) is 4.62. The van der Waals surface area contributed by atoms with Gasteiger partial charge in [-0.25, -0.2) is 0 Å². The number of anilines is 2. The summed E-state index contributed by atoms with van der Waals surface area (Å²) in [6.07, 6.45) is 0. The molecule has 0 aliphatic heterocycles. The van der Waals surface area contributed by atoms with Crippen molar-refractivity contribution >= 4 is 11.4 Å². The lowest BCUT2D eigenvalue weighted by Crippen LogP contribution is -2.13. The molecule has 1 aromatic carbocycles. The summed E-state index contributed by atoms with van der Waals surface area (Å²) in [5.74, 6) is 0.787. The topological polar surface area (TPSA) is 49.1 Å². The van der Waals surface area contributed by atoms with Crippen molar-refractivity contribution in [3.8, 4) is 11.8 Å². The molecule has 0 saturated carbocycles. The number of hydrogen-bond donors (Lipinski definition) is 0. The first kappa shape index (κ1) is 13.9. The molecule has 0 amide bonds. The Labute approximate surface area is 119 Å². The SMILES string of the molecule is COc1cccc(N(C)c2cc(C)nc(C)c2C#N)c1. The Kier molecular flexibility index (Phi) is 3.90. The van der Waals surface area contributed by atoms with Gasteiger partial charge in [0.05, 0.1) is 24.1 Å². The molecule has 0 bridgehead atoms. The van der Waals surface area contributed by atoms with Gasteiger partial charge < -0.3 is 9.64 Å². The zero-order chi connectivity index (χ0) is 14.7. The number of aromatic nitrogens is 1. The number of aryl methyl sites for hydroxylation is 2. The predicted molar refractivity (Wildman–Crippen MR) is 79.5 cm³/mol. The van der Waals surface area contributed by atoms with Crippen molar-refractivity contribution in [2.24, 2.45) is 0 Å². The highest BCUT2D eigenvalue weighted by molar-refractivity contribution is 5.70. The average Bonchev–Trinajstić information content (AvgIpc) is 2.45. The Balaban J connectivity index is 2.53. The lowest BCUT2D eigenvalue weighted by atomic mass is 10.1. The van der Waals surface area contributed by atoms with Gasteiger partial charge in [-0.15, -0.1) is 0 Å². The first-order chi connectivity index (χ1) is 9.56. The van der Waals surface area contributed by atoms with E-state index in [4.69, 9.17) is 4.74 Å². The summed E-state index contributed by atoms with van der Waals surface area (Å²) >= 11 is 0. The maximum absolute atomic E-state index is 9.35. The molecule has 1 heterocycles. The second kappa shape index (κ2) is 5.62. The van der Waals surface area contributed by atoms with E-state index in [-0.39, 0.29) is 0 Å². The first-order valence-electron chi connectivity index (χ1n) is 6.33. The molecule has 4 heteroatoms. The van der Waals surface area contributed by atoms with Gasteiger partial charge >= 0.3 is 0 Å². The molecule has 0 aliphatic rings. The van der Waals surface area contributed by atoms with Gasteiger partial charge in [0.1, 0.15) is 11.8 Å². The van der Waals surface area contributed by atoms with E-state index in [0.717, 1.165) is 28.5 Å². The van der Waals surface area contributed by atoms with Crippen LogP contribution in [0.4, 0.5) is 11.4 Å². The summed E-state index contributed by atoms with van der Waals surface area (Å²) in [5.41, 5.74) is 4.06. The van der Waals surface area contributed by atoms with E-state index in [9.17, 15) is 5.26 Å². The summed E-state index contributed by atoms with van der Waals surface area (Å²) in [7, 11) is 3.57. The number of nitrogens with zero attached hydrogens (tertiary/aromatic N) is 3. The third kappa shape index (κ3) is 2.57. The van der Waals surface area contributed by atoms with Crippen LogP contribution in [0.1, 0.15) is 17.0 Å². The van der Waals surface area contributed by atoms with Crippen LogP contribution < -0.4 is 9.64 Å². The van der Waals surface area contributed by atoms with E-state index in [0.29, 0.717) is 5.56 Å². The summed E-state index contributed by atoms with van der Waals surface area (Å²) in [4.78, 5) is 6.32. The number of hydrogen-bond acceptors (Lipinski definition) is 4. The fourth-order valence-corrected chi connectivity index (χ4v) is 2.17. The van der Waals surface area contributed by atoms with Crippen molar-refractivity contribution in [3.05, 3.63) is 47.3 Å². The number of ether oxygens (including phenoxy) is 1. The first-order valence-corrected chi connectivity index (χ1v) is 6.33. The van der Waals surface area contributed by atoms with Gasteiger partial charge in [0.2, 0.25) is 0 Å². The normalized spacial score (nSPS) is 9.95. The van der Waals surface area contributed by atoms with E-state index in [1.165, 1.54) is 0 Å². The summed E-state index contributed by atoms with van der Waals surface area (Å²) in [6.45, 7) is 3.78. The van der Waals surface area contributed by atoms with Gasteiger partial charge in [-0.2, -0.15) is 5.26 Å². The van der Waals surface area contributed by atoms with Gasteiger partial charge in [0.25, 0.3) is 0 Å². The minimum absolute atomic E-state index is 0.598. The van der Waals surface area contributed by atoms with E-state index in [1.54, 1.807) is 7.11 Å². The Morgan fingerprint density at radius 1 is 1.25 bits per heavy atom. The minimum atomic E-state index is 0.598. The maximum Gasteiger partial charge on any atom is 0.120 e. The van der Waals surface area contributed by atoms with Crippen LogP contribution in [0, 0.1) is 25.2 Å². The van der Waals surface area contributed by atoms with Crippen molar-refractivity contribution in [2.45, 2.75) is 13.8 Å². The van der Waals surface area contributed by atoms with Crippen molar-refractivity contribution in [3.63, 3.8) is 0 Å². The van der Waals surface area contributed by atoms with Crippen LogP contribution in [0.5, 0.6) is 5.75 Å². The molecule has 0 radical (unpaired) electrons. The number of nitriles is 1. The highest BCUT2D eigenvalue weighted by Crippen LogP contribution is 2.30. The van der Waals surface area contributed by atoms with Crippen molar-refractivity contribution in [1.29, 1.82) is 5.26 Å². The van der Waals surface area contributed by atoms with E-state index in [1.807, 2.05) is 56.1 Å². The highest BCUT2D eigenvalue weighted by Gasteiger charge is 2.13. The number of methoxy groups -OCH3 is 1. The molecule has 0 atom stereocenters. The summed E-state index contributed by atoms with van der Waals surface area (Å²) in [6, 6.07) is 11.9. The third-order valence-corrected chi connectivity index (χ3v) is 3.22. The van der Waals surface area contributed by atoms with Crippen molar-refractivity contribution in [1.82, 2.24) is 4.98 Å². The Morgan fingerprint density at radius 3 is 2.65 bits per heavy atom. The van der Waals surface area contributed by atoms with Crippen LogP contribution in [-0.2, 0) is 0 Å². The molecule has 2 aromatic rings. The monoisotopic (exact) mass is 267 g/mol. The molecule has 4 nitrogen and oxygen atoms in total. The third-order valence-electron chi connectivity index (χ3n) is 3.22. The fourth-order valence-electron chi connectivity index (χ4n) is 2.17. The van der Waals surface area contributed by atoms with Gasteiger partial charge in [-0.1, -0.05) is 6.07 Å². The number of pyridine rings is 1. The highest BCUT2D eigenvalue weighted by atomic mass is 16.5. The van der Waals surface area contributed by atoms with Crippen LogP contribution in [0.2, 0.25) is 0 Å². The molecule has 0 unspecified atom stereocenters. The number of rotatable bonds is 3. The van der Waals surface area contributed by atoms with Gasteiger partial charge in [-0.3, -0.25) is 4.98 Å². The molecule has 0 saturated heterocycles. The van der Waals surface area contributed by atoms with E-state index < -0.39 is 0 Å². The van der Waals surface area contributed by atoms with Crippen LogP contribution in [0.3, 0.4) is 0 Å². The van der Waals surface area contributed by atoms with Crippen molar-refractivity contribution in [2.75, 3.05) is 19.1 Å². The van der Waals surface area contributed by atoms with Gasteiger partial charge in [0, 0.05) is 24.5 Å². The molecular weight excluding hydrogens is 250 g/mol. The second-order valence-corrected chi connectivity index (χ2v) is 4.62. The molecule has 0 N–H and O–H groups in total. The molecule has 0 spiro atoms. The number of benzene rings is 1. The van der Waals surface area contributed by atoms with Gasteiger partial charge in [0.15, 0.2) is 0 Å². The maximum atomic E-state index is 9.35. The van der Waals surface area contributed by atoms with E-state index in [2.05, 4.69) is 11.1 Å². The molecule has 2 rings (SSSR count). The molecule has 102 valence electrons. The zero-order valence-corrected chi connectivity index (χ0v) is 12.1. The van der Waals surface area contributed by atoms with Crippen LogP contribution >= 0.6 is 0 Å². The van der Waals surface area contributed by atoms with Gasteiger partial charge in [-0.05, 0) is 32.0 Å². The predicted octanol–water partition coefficient (Wildman–Crippen LogP) is 3.35. The molecular formula is C16H17N3O. The Morgan fingerprint density at radius 2 is 2.00 bits per heavy atom. The molecule has 20 heavy (non-hydrogen) atoms. The summed E-state index contributed by atoms with van der Waals surface area (Å²) in [5, 5.41) is 9.35. The van der Waals surface area contributed by atoms with Crippen LogP contribution in [0.25, 0.3) is 0 Å². The van der Waals surface area contributed by atoms with Crippen LogP contribution in [0.15, 0.2) is 30.3 Å². The minimum Gasteiger partial charge on any atom is -0.497 e. The Hall–Kier alpha value is -2.54. The summed E-state index contributed by atoms with van der Waals surface area (Å²) < 4.78 is 5.24. The van der Waals surface area contributed by atoms with Crippen LogP contribution in [-0.4, -0.2) is 19.1 Å². The molecule has 0 fully saturated rings. The zero-order valence-electron chi connectivity index (χ0n) is 12.1. The molecule has 0 aliphatic carbocycles.